The highest BCUT2D eigenvalue weighted by Gasteiger charge is 2.18. The molecule has 0 unspecified atom stereocenters. The Kier molecular flexibility index (Phi) is 2.29. The summed E-state index contributed by atoms with van der Waals surface area (Å²) < 4.78 is 45.1. The molecule has 0 aliphatic rings. The molecule has 66 valence electrons. The molecule has 0 amide bonds. The van der Waals surface area contributed by atoms with E-state index in [4.69, 9.17) is 11.6 Å². The summed E-state index contributed by atoms with van der Waals surface area (Å²) in [6.45, 7) is 0. The van der Waals surface area contributed by atoms with Gasteiger partial charge in [-0.15, -0.1) is 3.89 Å². The molecule has 0 aromatic carbocycles. The van der Waals surface area contributed by atoms with Crippen molar-refractivity contribution in [1.29, 1.82) is 0 Å². The van der Waals surface area contributed by atoms with Gasteiger partial charge in [0.2, 0.25) is 0 Å². The zero-order valence-corrected chi connectivity index (χ0v) is 7.03. The minimum atomic E-state index is -4.99. The van der Waals surface area contributed by atoms with E-state index in [1.807, 2.05) is 0 Å². The fraction of sp³-hybridized carbons (Fsp3) is 0. The quantitative estimate of drug-likeness (QED) is 0.525. The van der Waals surface area contributed by atoms with Gasteiger partial charge in [-0.1, -0.05) is 11.6 Å². The Hall–Kier alpha value is -0.750. The first-order valence-corrected chi connectivity index (χ1v) is 4.43. The van der Waals surface area contributed by atoms with Crippen LogP contribution in [-0.4, -0.2) is 13.4 Å². The Morgan fingerprint density at radius 2 is 2.08 bits per heavy atom. The number of hydrogen-bond acceptors (Lipinski definition) is 3. The smallest absolute Gasteiger partial charge is 0.240 e. The lowest BCUT2D eigenvalue weighted by molar-refractivity contribution is 0.548. The Labute approximate surface area is 72.2 Å². The zero-order valence-electron chi connectivity index (χ0n) is 5.46. The van der Waals surface area contributed by atoms with Gasteiger partial charge < -0.3 is 0 Å². The van der Waals surface area contributed by atoms with E-state index in [0.717, 1.165) is 0 Å². The Bertz CT molecular complexity index is 406. The Balaban J connectivity index is 3.43. The molecule has 1 aromatic heterocycles. The molecule has 0 saturated carbocycles. The number of rotatable bonds is 1. The van der Waals surface area contributed by atoms with Gasteiger partial charge in [0.05, 0.1) is 6.20 Å². The fourth-order valence-electron chi connectivity index (χ4n) is 0.575. The van der Waals surface area contributed by atoms with E-state index in [-0.39, 0.29) is 0 Å². The third-order valence-electron chi connectivity index (χ3n) is 1.04. The van der Waals surface area contributed by atoms with E-state index in [1.165, 1.54) is 0 Å². The minimum absolute atomic E-state index is 0.463. The number of pyridine rings is 1. The fourth-order valence-corrected chi connectivity index (χ4v) is 1.46. The topological polar surface area (TPSA) is 47.0 Å². The number of hydrogen-bond donors (Lipinski definition) is 0. The summed E-state index contributed by atoms with van der Waals surface area (Å²) in [5.74, 6) is -0.962. The van der Waals surface area contributed by atoms with Crippen LogP contribution < -0.4 is 0 Å². The lowest BCUT2D eigenvalue weighted by atomic mass is 10.5. The maximum absolute atomic E-state index is 12.3. The van der Waals surface area contributed by atoms with Crippen LogP contribution in [0.1, 0.15) is 0 Å². The lowest BCUT2D eigenvalue weighted by Crippen LogP contribution is -1.96. The van der Waals surface area contributed by atoms with Crippen LogP contribution in [0, 0.1) is 5.82 Å². The molecule has 0 radical (unpaired) electrons. The third kappa shape index (κ3) is 1.89. The predicted molar refractivity (Wildman–Crippen MR) is 37.5 cm³/mol. The molecule has 12 heavy (non-hydrogen) atoms. The van der Waals surface area contributed by atoms with Gasteiger partial charge in [0.15, 0.2) is 5.15 Å². The number of aromatic nitrogens is 1. The van der Waals surface area contributed by atoms with Gasteiger partial charge in [0.25, 0.3) is 0 Å². The minimum Gasteiger partial charge on any atom is -0.240 e. The van der Waals surface area contributed by atoms with Crippen LogP contribution in [0.25, 0.3) is 0 Å². The highest BCUT2D eigenvalue weighted by Crippen LogP contribution is 2.20. The summed E-state index contributed by atoms with van der Waals surface area (Å²) in [6, 6.07) is 0.463. The monoisotopic (exact) mass is 213 g/mol. The molecule has 0 saturated heterocycles. The Morgan fingerprint density at radius 1 is 1.50 bits per heavy atom. The normalized spacial score (nSPS) is 11.6. The van der Waals surface area contributed by atoms with Crippen LogP contribution in [-0.2, 0) is 10.2 Å². The van der Waals surface area contributed by atoms with Crippen LogP contribution in [0.15, 0.2) is 17.2 Å². The molecule has 3 nitrogen and oxygen atoms in total. The van der Waals surface area contributed by atoms with Gasteiger partial charge in [0.1, 0.15) is 10.7 Å². The van der Waals surface area contributed by atoms with Gasteiger partial charge in [-0.2, -0.15) is 8.42 Å². The molecule has 0 atom stereocenters. The van der Waals surface area contributed by atoms with E-state index in [1.54, 1.807) is 0 Å². The molecule has 1 heterocycles. The van der Waals surface area contributed by atoms with Gasteiger partial charge in [-0.25, -0.2) is 9.37 Å². The number of halogens is 3. The Morgan fingerprint density at radius 3 is 2.50 bits per heavy atom. The van der Waals surface area contributed by atoms with E-state index < -0.39 is 26.1 Å². The van der Waals surface area contributed by atoms with Crippen LogP contribution in [0.3, 0.4) is 0 Å². The summed E-state index contributed by atoms with van der Waals surface area (Å²) in [5.41, 5.74) is 0. The van der Waals surface area contributed by atoms with E-state index in [9.17, 15) is 16.7 Å². The SMILES string of the molecule is O=S(=O)(F)c1cc(F)cnc1Cl. The summed E-state index contributed by atoms with van der Waals surface area (Å²) in [4.78, 5) is 2.16. The van der Waals surface area contributed by atoms with Crippen molar-refractivity contribution in [3.8, 4) is 0 Å². The van der Waals surface area contributed by atoms with Crippen LogP contribution in [0.5, 0.6) is 0 Å². The van der Waals surface area contributed by atoms with E-state index >= 15 is 0 Å². The molecule has 0 fully saturated rings. The maximum Gasteiger partial charge on any atom is 0.335 e. The number of nitrogens with zero attached hydrogens (tertiary/aromatic N) is 1. The molecule has 0 N–H and O–H groups in total. The van der Waals surface area contributed by atoms with E-state index in [0.29, 0.717) is 12.3 Å². The second kappa shape index (κ2) is 2.95. The third-order valence-corrected chi connectivity index (χ3v) is 2.29. The lowest BCUT2D eigenvalue weighted by Gasteiger charge is -1.96. The van der Waals surface area contributed by atoms with Crippen LogP contribution in [0.4, 0.5) is 8.28 Å². The van der Waals surface area contributed by atoms with Crippen molar-refractivity contribution in [2.45, 2.75) is 4.90 Å². The molecule has 0 bridgehead atoms. The predicted octanol–water partition coefficient (Wildman–Crippen LogP) is 1.53. The maximum atomic E-state index is 12.3. The summed E-state index contributed by atoms with van der Waals surface area (Å²) in [6.07, 6.45) is 0.691. The second-order valence-corrected chi connectivity index (χ2v) is 3.55. The average Bonchev–Trinajstić information content (AvgIpc) is 1.92. The standard InChI is InChI=1S/C5H2ClF2NO2S/c6-5-4(12(8,10)11)1-3(7)2-9-5/h1-2H. The molecule has 0 aliphatic carbocycles. The van der Waals surface area contributed by atoms with Gasteiger partial charge in [0, 0.05) is 0 Å². The molecule has 0 aliphatic heterocycles. The van der Waals surface area contributed by atoms with Crippen molar-refractivity contribution in [3.63, 3.8) is 0 Å². The van der Waals surface area contributed by atoms with Gasteiger partial charge in [-0.3, -0.25) is 0 Å². The molecular formula is C5H2ClF2NO2S. The molecule has 1 rings (SSSR count). The van der Waals surface area contributed by atoms with Crippen molar-refractivity contribution in [1.82, 2.24) is 4.98 Å². The van der Waals surface area contributed by atoms with Gasteiger partial charge in [-0.05, 0) is 6.07 Å². The summed E-state index contributed by atoms with van der Waals surface area (Å²) >= 11 is 5.18. The van der Waals surface area contributed by atoms with Crippen molar-refractivity contribution in [3.05, 3.63) is 23.2 Å². The van der Waals surface area contributed by atoms with Gasteiger partial charge >= 0.3 is 10.2 Å². The van der Waals surface area contributed by atoms with E-state index in [2.05, 4.69) is 4.98 Å². The highest BCUT2D eigenvalue weighted by molar-refractivity contribution is 7.86. The zero-order chi connectivity index (χ0) is 9.35. The molecule has 0 spiro atoms. The average molecular weight is 214 g/mol. The molecule has 7 heteroatoms. The first kappa shape index (κ1) is 9.34. The largest absolute Gasteiger partial charge is 0.335 e. The summed E-state index contributed by atoms with van der Waals surface area (Å²) in [5, 5.41) is -0.584. The molecule has 1 aromatic rings. The van der Waals surface area contributed by atoms with Crippen molar-refractivity contribution in [2.24, 2.45) is 0 Å². The first-order chi connectivity index (χ1) is 5.41. The second-order valence-electron chi connectivity index (χ2n) is 1.88. The highest BCUT2D eigenvalue weighted by atomic mass is 35.5. The first-order valence-electron chi connectivity index (χ1n) is 2.67. The van der Waals surface area contributed by atoms with Crippen molar-refractivity contribution in [2.75, 3.05) is 0 Å². The molecular weight excluding hydrogens is 212 g/mol. The summed E-state index contributed by atoms with van der Waals surface area (Å²) in [7, 11) is -4.99. The van der Waals surface area contributed by atoms with Crippen molar-refractivity contribution < 1.29 is 16.7 Å². The van der Waals surface area contributed by atoms with Crippen LogP contribution in [0.2, 0.25) is 5.15 Å². The van der Waals surface area contributed by atoms with Crippen molar-refractivity contribution >= 4 is 21.8 Å². The van der Waals surface area contributed by atoms with Crippen LogP contribution >= 0.6 is 11.6 Å².